The molecule has 0 radical (unpaired) electrons. The first kappa shape index (κ1) is 18.2. The standard InChI is InChI=1S/C21H21N3O4/c1-26-17-9-7-15(8-10-17)13-19(25)24-11-12-27-18(14-24)20-22-21(28-23-20)16-5-3-2-4-6-16/h2-10,18H,11-14H2,1H3/t18-/m1/s1. The van der Waals surface area contributed by atoms with E-state index in [1.807, 2.05) is 54.6 Å². The predicted molar refractivity (Wildman–Crippen MR) is 102 cm³/mol. The zero-order valence-corrected chi connectivity index (χ0v) is 15.6. The van der Waals surface area contributed by atoms with Crippen molar-refractivity contribution in [1.82, 2.24) is 15.0 Å². The maximum absolute atomic E-state index is 12.7. The Balaban J connectivity index is 1.41. The molecule has 1 amide bonds. The summed E-state index contributed by atoms with van der Waals surface area (Å²) >= 11 is 0. The van der Waals surface area contributed by atoms with Crippen LogP contribution in [-0.4, -0.2) is 47.8 Å². The Hall–Kier alpha value is -3.19. The van der Waals surface area contributed by atoms with Gasteiger partial charge in [-0.1, -0.05) is 35.5 Å². The molecule has 2 aromatic carbocycles. The summed E-state index contributed by atoms with van der Waals surface area (Å²) in [5, 5.41) is 4.05. The van der Waals surface area contributed by atoms with Crippen LogP contribution in [0.4, 0.5) is 0 Å². The fourth-order valence-corrected chi connectivity index (χ4v) is 3.13. The lowest BCUT2D eigenvalue weighted by molar-refractivity contribution is -0.138. The average Bonchev–Trinajstić information content (AvgIpc) is 3.25. The maximum atomic E-state index is 12.7. The van der Waals surface area contributed by atoms with Gasteiger partial charge in [0.05, 0.1) is 26.7 Å². The van der Waals surface area contributed by atoms with Crippen molar-refractivity contribution in [2.24, 2.45) is 0 Å². The molecule has 1 aromatic heterocycles. The summed E-state index contributed by atoms with van der Waals surface area (Å²) in [6.07, 6.45) is -0.0622. The van der Waals surface area contributed by atoms with Crippen LogP contribution in [-0.2, 0) is 16.0 Å². The third-order valence-corrected chi connectivity index (χ3v) is 4.68. The summed E-state index contributed by atoms with van der Waals surface area (Å²) < 4.78 is 16.3. The molecule has 1 fully saturated rings. The molecule has 0 unspecified atom stereocenters. The van der Waals surface area contributed by atoms with Crippen LogP contribution in [0.5, 0.6) is 5.75 Å². The minimum absolute atomic E-state index is 0.0465. The van der Waals surface area contributed by atoms with Crippen molar-refractivity contribution >= 4 is 5.91 Å². The van der Waals surface area contributed by atoms with E-state index < -0.39 is 6.10 Å². The molecular weight excluding hydrogens is 358 g/mol. The van der Waals surface area contributed by atoms with E-state index in [0.717, 1.165) is 16.9 Å². The lowest BCUT2D eigenvalue weighted by Gasteiger charge is -2.31. The molecule has 4 rings (SSSR count). The summed E-state index contributed by atoms with van der Waals surface area (Å²) in [6.45, 7) is 1.39. The van der Waals surface area contributed by atoms with Crippen LogP contribution in [0.2, 0.25) is 0 Å². The Morgan fingerprint density at radius 3 is 2.71 bits per heavy atom. The molecule has 7 nitrogen and oxygen atoms in total. The van der Waals surface area contributed by atoms with Crippen molar-refractivity contribution in [1.29, 1.82) is 0 Å². The van der Waals surface area contributed by atoms with Crippen molar-refractivity contribution < 1.29 is 18.8 Å². The fourth-order valence-electron chi connectivity index (χ4n) is 3.13. The Morgan fingerprint density at radius 1 is 1.18 bits per heavy atom. The van der Waals surface area contributed by atoms with Gasteiger partial charge in [0, 0.05) is 12.1 Å². The number of carbonyl (C=O) groups is 1. The molecule has 0 saturated carbocycles. The van der Waals surface area contributed by atoms with Crippen LogP contribution >= 0.6 is 0 Å². The van der Waals surface area contributed by atoms with E-state index in [9.17, 15) is 4.79 Å². The number of carbonyl (C=O) groups excluding carboxylic acids is 1. The Labute approximate surface area is 162 Å². The molecule has 1 atom stereocenters. The summed E-state index contributed by atoms with van der Waals surface area (Å²) in [7, 11) is 1.62. The number of hydrogen-bond acceptors (Lipinski definition) is 6. The van der Waals surface area contributed by atoms with E-state index in [2.05, 4.69) is 10.1 Å². The number of methoxy groups -OCH3 is 1. The molecule has 0 aliphatic carbocycles. The number of hydrogen-bond donors (Lipinski definition) is 0. The molecule has 0 bridgehead atoms. The highest BCUT2D eigenvalue weighted by Crippen LogP contribution is 2.24. The minimum atomic E-state index is -0.394. The molecule has 2 heterocycles. The van der Waals surface area contributed by atoms with E-state index in [1.165, 1.54) is 0 Å². The van der Waals surface area contributed by atoms with E-state index in [4.69, 9.17) is 14.0 Å². The average molecular weight is 379 g/mol. The third kappa shape index (κ3) is 4.04. The van der Waals surface area contributed by atoms with Gasteiger partial charge in [0.25, 0.3) is 5.89 Å². The first-order valence-electron chi connectivity index (χ1n) is 9.14. The molecule has 28 heavy (non-hydrogen) atoms. The van der Waals surface area contributed by atoms with Crippen LogP contribution in [0.3, 0.4) is 0 Å². The lowest BCUT2D eigenvalue weighted by Crippen LogP contribution is -2.43. The Morgan fingerprint density at radius 2 is 1.96 bits per heavy atom. The molecular formula is C21H21N3O4. The number of morpholine rings is 1. The molecule has 3 aromatic rings. The topological polar surface area (TPSA) is 77.7 Å². The summed E-state index contributed by atoms with van der Waals surface area (Å²) in [5.74, 6) is 1.72. The highest BCUT2D eigenvalue weighted by Gasteiger charge is 2.29. The van der Waals surface area contributed by atoms with Crippen molar-refractivity contribution in [3.8, 4) is 17.2 Å². The van der Waals surface area contributed by atoms with Gasteiger partial charge in [-0.2, -0.15) is 4.98 Å². The van der Waals surface area contributed by atoms with Crippen molar-refractivity contribution in [3.63, 3.8) is 0 Å². The van der Waals surface area contributed by atoms with Gasteiger partial charge in [0.15, 0.2) is 0 Å². The number of benzene rings is 2. The molecule has 1 saturated heterocycles. The van der Waals surface area contributed by atoms with Gasteiger partial charge in [0.1, 0.15) is 11.9 Å². The third-order valence-electron chi connectivity index (χ3n) is 4.68. The number of amides is 1. The molecule has 144 valence electrons. The van der Waals surface area contributed by atoms with Crippen LogP contribution in [0.15, 0.2) is 59.1 Å². The summed E-state index contributed by atoms with van der Waals surface area (Å²) in [6, 6.07) is 17.1. The molecule has 7 heteroatoms. The number of rotatable bonds is 5. The van der Waals surface area contributed by atoms with Gasteiger partial charge in [-0.05, 0) is 29.8 Å². The SMILES string of the molecule is COc1ccc(CC(=O)N2CCO[C@@H](c3noc(-c4ccccc4)n3)C2)cc1. The molecule has 1 aliphatic rings. The fraction of sp³-hybridized carbons (Fsp3) is 0.286. The van der Waals surface area contributed by atoms with E-state index >= 15 is 0 Å². The second kappa shape index (κ2) is 8.22. The van der Waals surface area contributed by atoms with Crippen molar-refractivity contribution in [2.45, 2.75) is 12.5 Å². The van der Waals surface area contributed by atoms with Gasteiger partial charge >= 0.3 is 0 Å². The van der Waals surface area contributed by atoms with E-state index in [1.54, 1.807) is 12.0 Å². The summed E-state index contributed by atoms with van der Waals surface area (Å²) in [5.41, 5.74) is 1.80. The highest BCUT2D eigenvalue weighted by atomic mass is 16.5. The van der Waals surface area contributed by atoms with E-state index in [-0.39, 0.29) is 5.91 Å². The van der Waals surface area contributed by atoms with Gasteiger partial charge in [-0.25, -0.2) is 0 Å². The second-order valence-corrected chi connectivity index (χ2v) is 6.55. The van der Waals surface area contributed by atoms with Crippen molar-refractivity contribution in [2.75, 3.05) is 26.8 Å². The predicted octanol–water partition coefficient (Wildman–Crippen LogP) is 2.89. The Kier molecular flexibility index (Phi) is 5.34. The largest absolute Gasteiger partial charge is 0.497 e. The van der Waals surface area contributed by atoms with E-state index in [0.29, 0.717) is 37.8 Å². The van der Waals surface area contributed by atoms with Crippen LogP contribution in [0, 0.1) is 0 Å². The molecule has 0 spiro atoms. The van der Waals surface area contributed by atoms with Gasteiger partial charge < -0.3 is 18.9 Å². The first-order valence-corrected chi connectivity index (χ1v) is 9.14. The Bertz CT molecular complexity index is 924. The highest BCUT2D eigenvalue weighted by molar-refractivity contribution is 5.79. The van der Waals surface area contributed by atoms with Gasteiger partial charge in [0.2, 0.25) is 11.7 Å². The van der Waals surface area contributed by atoms with Crippen LogP contribution < -0.4 is 4.74 Å². The monoisotopic (exact) mass is 379 g/mol. The first-order chi connectivity index (χ1) is 13.7. The maximum Gasteiger partial charge on any atom is 0.258 e. The smallest absolute Gasteiger partial charge is 0.258 e. The minimum Gasteiger partial charge on any atom is -0.497 e. The zero-order valence-electron chi connectivity index (χ0n) is 15.6. The zero-order chi connectivity index (χ0) is 19.3. The van der Waals surface area contributed by atoms with Gasteiger partial charge in [-0.15, -0.1) is 0 Å². The molecule has 0 N–H and O–H groups in total. The number of aromatic nitrogens is 2. The number of nitrogens with zero attached hydrogens (tertiary/aromatic N) is 3. The van der Waals surface area contributed by atoms with Gasteiger partial charge in [-0.3, -0.25) is 4.79 Å². The summed E-state index contributed by atoms with van der Waals surface area (Å²) in [4.78, 5) is 18.9. The van der Waals surface area contributed by atoms with Crippen LogP contribution in [0.25, 0.3) is 11.5 Å². The normalized spacial score (nSPS) is 16.8. The van der Waals surface area contributed by atoms with Crippen LogP contribution in [0.1, 0.15) is 17.5 Å². The number of ether oxygens (including phenoxy) is 2. The second-order valence-electron chi connectivity index (χ2n) is 6.55. The molecule has 1 aliphatic heterocycles. The quantitative estimate of drug-likeness (QED) is 0.678. The lowest BCUT2D eigenvalue weighted by atomic mass is 10.1. The van der Waals surface area contributed by atoms with Crippen molar-refractivity contribution in [3.05, 3.63) is 66.0 Å².